The van der Waals surface area contributed by atoms with Gasteiger partial charge in [-0.05, 0) is 6.42 Å². The Bertz CT molecular complexity index is 300. The molecule has 0 aliphatic rings. The summed E-state index contributed by atoms with van der Waals surface area (Å²) in [4.78, 5) is 32.2. The smallest absolute Gasteiger partial charge is 0.550 e. The maximum absolute atomic E-state index is 11.4. The van der Waals surface area contributed by atoms with Crippen LogP contribution in [0.1, 0.15) is 51.9 Å². The van der Waals surface area contributed by atoms with Gasteiger partial charge in [-0.15, -0.1) is 0 Å². The van der Waals surface area contributed by atoms with Crippen molar-refractivity contribution in [3.05, 3.63) is 0 Å². The number of rotatable bonds is 10. The third-order valence-electron chi connectivity index (χ3n) is 2.50. The van der Waals surface area contributed by atoms with Crippen molar-refractivity contribution in [1.82, 2.24) is 5.32 Å². The molecule has 0 aliphatic heterocycles. The van der Waals surface area contributed by atoms with Gasteiger partial charge in [-0.25, -0.2) is 0 Å². The van der Waals surface area contributed by atoms with Gasteiger partial charge in [0.2, 0.25) is 5.91 Å². The first-order chi connectivity index (χ1) is 8.47. The molecule has 0 aromatic rings. The Morgan fingerprint density at radius 3 is 2.00 bits per heavy atom. The minimum Gasteiger partial charge on any atom is -0.550 e. The molecule has 1 amide bonds. The molecule has 1 atom stereocenters. The van der Waals surface area contributed by atoms with Crippen molar-refractivity contribution in [3.8, 4) is 0 Å². The predicted molar refractivity (Wildman–Crippen MR) is 59.9 cm³/mol. The van der Waals surface area contributed by atoms with E-state index < -0.39 is 30.3 Å². The number of unbranched alkanes of at least 4 members (excludes halogenated alkanes) is 4. The van der Waals surface area contributed by atoms with Crippen LogP contribution in [0.15, 0.2) is 0 Å². The van der Waals surface area contributed by atoms with E-state index in [2.05, 4.69) is 12.2 Å². The number of carbonyl (C=O) groups is 3. The minimum atomic E-state index is -1.61. The summed E-state index contributed by atoms with van der Waals surface area (Å²) in [5.74, 6) is -3.62. The summed E-state index contributed by atoms with van der Waals surface area (Å²) in [6.45, 7) is 2.08. The van der Waals surface area contributed by atoms with Gasteiger partial charge in [-0.2, -0.15) is 0 Å². The Kier molecular flexibility index (Phi) is 22.6. The third kappa shape index (κ3) is 16.1. The zero-order valence-electron chi connectivity index (χ0n) is 12.6. The van der Waals surface area contributed by atoms with E-state index in [1.807, 2.05) is 0 Å². The third-order valence-corrected chi connectivity index (χ3v) is 2.50. The maximum atomic E-state index is 11.4. The van der Waals surface area contributed by atoms with Crippen molar-refractivity contribution in [3.63, 3.8) is 0 Å². The molecule has 0 aromatic carbocycles. The van der Waals surface area contributed by atoms with E-state index >= 15 is 0 Å². The van der Waals surface area contributed by atoms with Crippen LogP contribution in [0.2, 0.25) is 0 Å². The van der Waals surface area contributed by atoms with Gasteiger partial charge in [0.05, 0.1) is 12.0 Å². The van der Waals surface area contributed by atoms with Gasteiger partial charge in [-0.1, -0.05) is 32.6 Å². The van der Waals surface area contributed by atoms with Crippen LogP contribution in [-0.4, -0.2) is 23.9 Å². The normalized spacial score (nSPS) is 10.7. The Balaban J connectivity index is -0.00000144. The Labute approximate surface area is 204 Å². The molecule has 0 heterocycles. The van der Waals surface area contributed by atoms with Crippen LogP contribution in [0.25, 0.3) is 0 Å². The van der Waals surface area contributed by atoms with Gasteiger partial charge < -0.3 is 25.1 Å². The van der Waals surface area contributed by atoms with Crippen molar-refractivity contribution in [2.75, 3.05) is 0 Å². The van der Waals surface area contributed by atoms with E-state index in [4.69, 9.17) is 0 Å². The Hall–Kier alpha value is 1.68. The van der Waals surface area contributed by atoms with E-state index in [0.717, 1.165) is 25.7 Å². The molecule has 0 aromatic heterocycles. The van der Waals surface area contributed by atoms with Crippen molar-refractivity contribution in [2.45, 2.75) is 57.9 Å². The molecule has 104 valence electrons. The second-order valence-corrected chi connectivity index (χ2v) is 4.18. The van der Waals surface area contributed by atoms with Crippen LogP contribution < -0.4 is 118 Å². The summed E-state index contributed by atoms with van der Waals surface area (Å²) in [7, 11) is 0. The first-order valence-electron chi connectivity index (χ1n) is 6.17. The number of hydrogen-bond donors (Lipinski definition) is 1. The fourth-order valence-electron chi connectivity index (χ4n) is 1.52. The van der Waals surface area contributed by atoms with Gasteiger partial charge in [0.25, 0.3) is 0 Å². The molecule has 0 saturated carbocycles. The molecule has 20 heavy (non-hydrogen) atoms. The maximum Gasteiger partial charge on any atom is 1.00 e. The molecular weight excluding hydrogens is 316 g/mol. The van der Waals surface area contributed by atoms with Gasteiger partial charge in [0.15, 0.2) is 0 Å². The average molecular weight is 335 g/mol. The van der Waals surface area contributed by atoms with Crippen molar-refractivity contribution in [2.24, 2.45) is 0 Å². The molecule has 0 fully saturated rings. The first kappa shape index (κ1) is 26.6. The standard InChI is InChI=1S/C12H21NO5.2K/c1-2-3-4-5-6-7-10(14)13-9(12(17)18)8-11(15)16;;/h9H,2-8H2,1H3,(H,13,14)(H,15,16)(H,17,18);;/q;2*+1/p-2. The number of amides is 1. The molecule has 0 bridgehead atoms. The van der Waals surface area contributed by atoms with Crippen molar-refractivity contribution >= 4 is 17.8 Å². The van der Waals surface area contributed by atoms with E-state index in [1.165, 1.54) is 0 Å². The molecule has 0 rings (SSSR count). The van der Waals surface area contributed by atoms with Crippen LogP contribution in [0, 0.1) is 0 Å². The van der Waals surface area contributed by atoms with Gasteiger partial charge >= 0.3 is 103 Å². The molecule has 8 heteroatoms. The SMILES string of the molecule is CCCCCCCC(=O)NC(CC(=O)[O-])C(=O)[O-].[K+].[K+]. The molecule has 0 spiro atoms. The van der Waals surface area contributed by atoms with Gasteiger partial charge in [0, 0.05) is 18.8 Å². The van der Waals surface area contributed by atoms with Gasteiger partial charge in [-0.3, -0.25) is 4.79 Å². The molecule has 0 aliphatic carbocycles. The second-order valence-electron chi connectivity index (χ2n) is 4.18. The van der Waals surface area contributed by atoms with E-state index in [-0.39, 0.29) is 109 Å². The minimum absolute atomic E-state index is 0. The van der Waals surface area contributed by atoms with Crippen LogP contribution in [0.3, 0.4) is 0 Å². The number of carboxylic acid groups (broad SMARTS) is 2. The van der Waals surface area contributed by atoms with E-state index in [9.17, 15) is 24.6 Å². The van der Waals surface area contributed by atoms with Crippen LogP contribution in [0.5, 0.6) is 0 Å². The number of carbonyl (C=O) groups excluding carboxylic acids is 3. The summed E-state index contributed by atoms with van der Waals surface area (Å²) in [6, 6.07) is -1.52. The number of aliphatic carboxylic acids is 2. The quantitative estimate of drug-likeness (QED) is 0.315. The largest absolute Gasteiger partial charge is 1.00 e. The Morgan fingerprint density at radius 2 is 1.55 bits per heavy atom. The molecular formula is C12H19K2NO5. The van der Waals surface area contributed by atoms with E-state index in [0.29, 0.717) is 6.42 Å². The average Bonchev–Trinajstić information content (AvgIpc) is 2.27. The number of carboxylic acids is 2. The summed E-state index contributed by atoms with van der Waals surface area (Å²) in [5.41, 5.74) is 0. The fourth-order valence-corrected chi connectivity index (χ4v) is 1.52. The number of hydrogen-bond acceptors (Lipinski definition) is 5. The Morgan fingerprint density at radius 1 is 1.00 bits per heavy atom. The topological polar surface area (TPSA) is 109 Å². The zero-order valence-corrected chi connectivity index (χ0v) is 18.8. The predicted octanol–water partition coefficient (Wildman–Crippen LogP) is -7.27. The van der Waals surface area contributed by atoms with Crippen LogP contribution in [0.4, 0.5) is 0 Å². The molecule has 1 N–H and O–H groups in total. The summed E-state index contributed by atoms with van der Waals surface area (Å²) < 4.78 is 0. The molecule has 0 radical (unpaired) electrons. The summed E-state index contributed by atoms with van der Waals surface area (Å²) in [5, 5.41) is 23.0. The van der Waals surface area contributed by atoms with E-state index in [1.54, 1.807) is 0 Å². The number of nitrogens with one attached hydrogen (secondary N) is 1. The van der Waals surface area contributed by atoms with Crippen molar-refractivity contribution < 1.29 is 127 Å². The zero-order chi connectivity index (χ0) is 14.0. The summed E-state index contributed by atoms with van der Waals surface area (Å²) in [6.07, 6.45) is 4.23. The van der Waals surface area contributed by atoms with Crippen molar-refractivity contribution in [1.29, 1.82) is 0 Å². The monoisotopic (exact) mass is 335 g/mol. The first-order valence-corrected chi connectivity index (χ1v) is 6.17. The van der Waals surface area contributed by atoms with Crippen LogP contribution >= 0.6 is 0 Å². The molecule has 0 saturated heterocycles. The fraction of sp³-hybridized carbons (Fsp3) is 0.750. The summed E-state index contributed by atoms with van der Waals surface area (Å²) >= 11 is 0. The molecule has 1 unspecified atom stereocenters. The molecule has 6 nitrogen and oxygen atoms in total. The second kappa shape index (κ2) is 17.0. The van der Waals surface area contributed by atoms with Crippen LogP contribution in [-0.2, 0) is 14.4 Å². The van der Waals surface area contributed by atoms with Gasteiger partial charge in [0.1, 0.15) is 0 Å².